The first kappa shape index (κ1) is 15.2. The van der Waals surface area contributed by atoms with Crippen LogP contribution in [0.25, 0.3) is 11.1 Å². The smallest absolute Gasteiger partial charge is 0.422 e. The highest BCUT2D eigenvalue weighted by Gasteiger charge is 2.38. The van der Waals surface area contributed by atoms with Crippen molar-refractivity contribution < 1.29 is 31.1 Å². The first-order valence-electron chi connectivity index (χ1n) is 5.64. The van der Waals surface area contributed by atoms with Gasteiger partial charge in [0, 0.05) is 11.6 Å². The van der Waals surface area contributed by atoms with E-state index in [1.165, 1.54) is 13.2 Å². The van der Waals surface area contributed by atoms with E-state index in [1.54, 1.807) is 0 Å². The van der Waals surface area contributed by atoms with Crippen LogP contribution in [-0.4, -0.2) is 7.11 Å². The van der Waals surface area contributed by atoms with Crippen molar-refractivity contribution in [2.75, 3.05) is 7.11 Å². The van der Waals surface area contributed by atoms with Crippen molar-refractivity contribution in [2.24, 2.45) is 0 Å². The molecule has 0 aliphatic heterocycles. The van der Waals surface area contributed by atoms with Crippen molar-refractivity contribution in [3.8, 4) is 16.9 Å². The Morgan fingerprint density at radius 2 is 1.43 bits per heavy atom. The summed E-state index contributed by atoms with van der Waals surface area (Å²) in [5.74, 6) is -4.29. The lowest BCUT2D eigenvalue weighted by Gasteiger charge is -2.12. The van der Waals surface area contributed by atoms with Gasteiger partial charge >= 0.3 is 6.18 Å². The molecule has 0 radical (unpaired) electrons. The summed E-state index contributed by atoms with van der Waals surface area (Å²) in [6.45, 7) is 0. The number of benzene rings is 2. The van der Waals surface area contributed by atoms with Crippen LogP contribution >= 0.6 is 0 Å². The molecule has 0 aromatic heterocycles. The summed E-state index contributed by atoms with van der Waals surface area (Å²) < 4.78 is 82.8. The zero-order chi connectivity index (χ0) is 15.8. The van der Waals surface area contributed by atoms with Crippen LogP contribution in [0.2, 0.25) is 0 Å². The van der Waals surface area contributed by atoms with Gasteiger partial charge in [-0.3, -0.25) is 0 Å². The number of rotatable bonds is 2. The Hall–Kier alpha value is -2.18. The van der Waals surface area contributed by atoms with Gasteiger partial charge in [-0.05, 0) is 29.8 Å². The highest BCUT2D eigenvalue weighted by Crippen LogP contribution is 2.36. The van der Waals surface area contributed by atoms with Gasteiger partial charge in [-0.1, -0.05) is 0 Å². The lowest BCUT2D eigenvalue weighted by molar-refractivity contribution is -0.142. The van der Waals surface area contributed by atoms with Gasteiger partial charge in [-0.2, -0.15) is 13.2 Å². The lowest BCUT2D eigenvalue weighted by atomic mass is 10.0. The van der Waals surface area contributed by atoms with Crippen LogP contribution in [0.4, 0.5) is 26.3 Å². The molecule has 21 heavy (non-hydrogen) atoms. The molecule has 0 heterocycles. The highest BCUT2D eigenvalue weighted by atomic mass is 19.4. The minimum Gasteiger partial charge on any atom is -0.497 e. The summed E-state index contributed by atoms with van der Waals surface area (Å²) in [5.41, 5.74) is -2.57. The van der Waals surface area contributed by atoms with Crippen molar-refractivity contribution in [3.63, 3.8) is 0 Å². The van der Waals surface area contributed by atoms with Crippen molar-refractivity contribution >= 4 is 0 Å². The molecule has 0 saturated heterocycles. The van der Waals surface area contributed by atoms with E-state index >= 15 is 0 Å². The van der Waals surface area contributed by atoms with E-state index in [-0.39, 0.29) is 16.9 Å². The molecule has 1 nitrogen and oxygen atoms in total. The first-order chi connectivity index (χ1) is 9.74. The average Bonchev–Trinajstić information content (AvgIpc) is 2.35. The number of ether oxygens (including phenoxy) is 1. The highest BCUT2D eigenvalue weighted by molar-refractivity contribution is 5.65. The molecule has 0 aliphatic carbocycles. The zero-order valence-electron chi connectivity index (χ0n) is 10.6. The predicted octanol–water partition coefficient (Wildman–Crippen LogP) is 4.80. The second kappa shape index (κ2) is 5.31. The monoisotopic (exact) mass is 306 g/mol. The topological polar surface area (TPSA) is 9.23 Å². The molecule has 0 bridgehead atoms. The molecule has 0 saturated carbocycles. The summed E-state index contributed by atoms with van der Waals surface area (Å²) in [4.78, 5) is 0. The molecule has 0 spiro atoms. The van der Waals surface area contributed by atoms with Crippen molar-refractivity contribution in [1.29, 1.82) is 0 Å². The maximum Gasteiger partial charge on any atom is 0.422 e. The summed E-state index contributed by atoms with van der Waals surface area (Å²) in [6, 6.07) is 4.33. The molecule has 0 aliphatic rings. The van der Waals surface area contributed by atoms with E-state index in [9.17, 15) is 26.3 Å². The number of halogens is 6. The zero-order valence-corrected chi connectivity index (χ0v) is 10.6. The third-order valence-corrected chi connectivity index (χ3v) is 2.81. The second-order valence-electron chi connectivity index (χ2n) is 4.16. The van der Waals surface area contributed by atoms with E-state index in [4.69, 9.17) is 4.74 Å². The van der Waals surface area contributed by atoms with Gasteiger partial charge in [-0.25, -0.2) is 13.2 Å². The van der Waals surface area contributed by atoms with Gasteiger partial charge in [0.05, 0.1) is 7.11 Å². The molecule has 0 N–H and O–H groups in total. The van der Waals surface area contributed by atoms with Crippen molar-refractivity contribution in [2.45, 2.75) is 6.18 Å². The van der Waals surface area contributed by atoms with Crippen LogP contribution in [-0.2, 0) is 6.18 Å². The molecule has 0 fully saturated rings. The molecule has 0 amide bonds. The molecule has 2 rings (SSSR count). The normalized spacial score (nSPS) is 11.6. The minimum atomic E-state index is -5.16. The van der Waals surface area contributed by atoms with Crippen molar-refractivity contribution in [1.82, 2.24) is 0 Å². The third-order valence-electron chi connectivity index (χ3n) is 2.81. The first-order valence-corrected chi connectivity index (χ1v) is 5.64. The summed E-state index contributed by atoms with van der Waals surface area (Å²) in [6.07, 6.45) is -5.16. The van der Waals surface area contributed by atoms with Crippen LogP contribution in [0.5, 0.6) is 5.75 Å². The third kappa shape index (κ3) is 2.96. The number of hydrogen-bond acceptors (Lipinski definition) is 1. The summed E-state index contributed by atoms with van der Waals surface area (Å²) in [7, 11) is 1.30. The Morgan fingerprint density at radius 1 is 0.857 bits per heavy atom. The Bertz CT molecular complexity index is 655. The molecule has 0 unspecified atom stereocenters. The van der Waals surface area contributed by atoms with Crippen LogP contribution in [0, 0.1) is 17.5 Å². The molecular formula is C14H8F6O. The van der Waals surface area contributed by atoms with Gasteiger partial charge < -0.3 is 4.74 Å². The fourth-order valence-corrected chi connectivity index (χ4v) is 1.86. The summed E-state index contributed by atoms with van der Waals surface area (Å²) >= 11 is 0. The maximum absolute atomic E-state index is 13.8. The van der Waals surface area contributed by atoms with E-state index < -0.39 is 29.2 Å². The Balaban J connectivity index is 2.57. The predicted molar refractivity (Wildman–Crippen MR) is 63.3 cm³/mol. The minimum absolute atomic E-state index is 0.170. The molecule has 112 valence electrons. The molecular weight excluding hydrogens is 298 g/mol. The van der Waals surface area contributed by atoms with Crippen LogP contribution < -0.4 is 4.74 Å². The SMILES string of the molecule is COc1ccc(-c2cc(F)c(C(F)(F)F)c(F)c2)c(F)c1. The second-order valence-corrected chi connectivity index (χ2v) is 4.16. The van der Waals surface area contributed by atoms with Gasteiger partial charge in [0.2, 0.25) is 0 Å². The fraction of sp³-hybridized carbons (Fsp3) is 0.143. The Kier molecular flexibility index (Phi) is 3.85. The number of methoxy groups -OCH3 is 1. The summed E-state index contributed by atoms with van der Waals surface area (Å²) in [5, 5.41) is 0. The van der Waals surface area contributed by atoms with Gasteiger partial charge in [0.1, 0.15) is 28.8 Å². The maximum atomic E-state index is 13.8. The fourth-order valence-electron chi connectivity index (χ4n) is 1.86. The van der Waals surface area contributed by atoms with E-state index in [0.29, 0.717) is 12.1 Å². The van der Waals surface area contributed by atoms with Gasteiger partial charge in [0.15, 0.2) is 0 Å². The molecule has 0 atom stereocenters. The number of alkyl halides is 3. The molecule has 2 aromatic rings. The van der Waals surface area contributed by atoms with E-state index in [1.807, 2.05) is 0 Å². The van der Waals surface area contributed by atoms with Crippen LogP contribution in [0.15, 0.2) is 30.3 Å². The molecule has 7 heteroatoms. The standard InChI is InChI=1S/C14H8F6O/c1-21-8-2-3-9(10(15)6-8)7-4-11(16)13(12(17)5-7)14(18,19)20/h2-6H,1H3. The van der Waals surface area contributed by atoms with Crippen LogP contribution in [0.3, 0.4) is 0 Å². The number of hydrogen-bond donors (Lipinski definition) is 0. The average molecular weight is 306 g/mol. The van der Waals surface area contributed by atoms with Gasteiger partial charge in [0.25, 0.3) is 0 Å². The van der Waals surface area contributed by atoms with Crippen molar-refractivity contribution in [3.05, 3.63) is 53.3 Å². The quantitative estimate of drug-likeness (QED) is 0.724. The largest absolute Gasteiger partial charge is 0.497 e. The van der Waals surface area contributed by atoms with Crippen LogP contribution in [0.1, 0.15) is 5.56 Å². The Labute approximate surface area is 115 Å². The van der Waals surface area contributed by atoms with E-state index in [0.717, 1.165) is 12.1 Å². The molecule has 2 aromatic carbocycles. The lowest BCUT2D eigenvalue weighted by Crippen LogP contribution is -2.11. The Morgan fingerprint density at radius 3 is 1.86 bits per heavy atom. The van der Waals surface area contributed by atoms with E-state index in [2.05, 4.69) is 0 Å². The van der Waals surface area contributed by atoms with Gasteiger partial charge in [-0.15, -0.1) is 0 Å².